The second-order valence-corrected chi connectivity index (χ2v) is 7.81. The van der Waals surface area contributed by atoms with E-state index in [1.54, 1.807) is 10.7 Å². The zero-order valence-corrected chi connectivity index (χ0v) is 17.5. The number of hydrogen-bond donors (Lipinski definition) is 1. The number of thioether (sulfide) groups is 1. The maximum absolute atomic E-state index is 12.3. The van der Waals surface area contributed by atoms with Gasteiger partial charge in [-0.05, 0) is 54.8 Å². The summed E-state index contributed by atoms with van der Waals surface area (Å²) in [6, 6.07) is 17.3. The molecule has 0 atom stereocenters. The van der Waals surface area contributed by atoms with Gasteiger partial charge < -0.3 is 5.32 Å². The van der Waals surface area contributed by atoms with Crippen molar-refractivity contribution in [1.82, 2.24) is 24.8 Å². The maximum Gasteiger partial charge on any atom is 0.234 e. The first-order valence-electron chi connectivity index (χ1n) is 9.88. The number of fused-ring (bicyclic) bond motifs is 1. The largest absolute Gasteiger partial charge is 0.325 e. The van der Waals surface area contributed by atoms with E-state index in [2.05, 4.69) is 44.7 Å². The molecule has 0 aliphatic rings. The third kappa shape index (κ3) is 4.83. The van der Waals surface area contributed by atoms with E-state index in [-0.39, 0.29) is 11.7 Å². The van der Waals surface area contributed by atoms with Crippen molar-refractivity contribution in [3.05, 3.63) is 66.4 Å². The van der Waals surface area contributed by atoms with E-state index in [1.807, 2.05) is 42.5 Å². The summed E-state index contributed by atoms with van der Waals surface area (Å²) in [6.45, 7) is 2.18. The van der Waals surface area contributed by atoms with Crippen LogP contribution in [0.3, 0.4) is 0 Å². The Labute approximate surface area is 179 Å². The summed E-state index contributed by atoms with van der Waals surface area (Å²) in [4.78, 5) is 16.7. The third-order valence-corrected chi connectivity index (χ3v) is 5.46. The SMILES string of the molecule is CCCCc1ccc(NC(=O)CSc2ccc3nnc(-c4ccccn4)n3n2)cc1. The molecule has 1 amide bonds. The molecular weight excluding hydrogens is 396 g/mol. The maximum atomic E-state index is 12.3. The number of carbonyl (C=O) groups is 1. The van der Waals surface area contributed by atoms with Gasteiger partial charge in [0.05, 0.1) is 5.75 Å². The number of carbonyl (C=O) groups excluding carboxylic acids is 1. The molecule has 1 aromatic carbocycles. The van der Waals surface area contributed by atoms with Crippen LogP contribution in [0.4, 0.5) is 5.69 Å². The fourth-order valence-electron chi connectivity index (χ4n) is 2.98. The van der Waals surface area contributed by atoms with Gasteiger partial charge in [-0.25, -0.2) is 0 Å². The van der Waals surface area contributed by atoms with Crippen LogP contribution in [-0.2, 0) is 11.2 Å². The van der Waals surface area contributed by atoms with Crippen LogP contribution in [0, 0.1) is 0 Å². The molecule has 0 radical (unpaired) electrons. The van der Waals surface area contributed by atoms with Crippen LogP contribution in [-0.4, -0.2) is 36.5 Å². The summed E-state index contributed by atoms with van der Waals surface area (Å²) >= 11 is 1.36. The molecule has 3 aromatic heterocycles. The standard InChI is InChI=1S/C22H22N6OS/c1-2-3-6-16-8-10-17(11-9-16)24-20(29)15-30-21-13-12-19-25-26-22(28(19)27-21)18-7-4-5-14-23-18/h4-5,7-14H,2-3,6,15H2,1H3,(H,24,29). The van der Waals surface area contributed by atoms with Crippen LogP contribution < -0.4 is 5.32 Å². The molecule has 4 rings (SSSR count). The molecular formula is C22H22N6OS. The van der Waals surface area contributed by atoms with E-state index in [9.17, 15) is 4.79 Å². The Balaban J connectivity index is 1.39. The van der Waals surface area contributed by atoms with Gasteiger partial charge in [-0.2, -0.15) is 9.61 Å². The molecule has 0 aliphatic heterocycles. The fourth-order valence-corrected chi connectivity index (χ4v) is 3.63. The Morgan fingerprint density at radius 3 is 2.70 bits per heavy atom. The van der Waals surface area contributed by atoms with Crippen molar-refractivity contribution in [3.63, 3.8) is 0 Å². The zero-order chi connectivity index (χ0) is 20.8. The van der Waals surface area contributed by atoms with E-state index in [0.29, 0.717) is 22.2 Å². The Morgan fingerprint density at radius 1 is 1.07 bits per heavy atom. The highest BCUT2D eigenvalue weighted by Gasteiger charge is 2.12. The first-order valence-corrected chi connectivity index (χ1v) is 10.9. The monoisotopic (exact) mass is 418 g/mol. The molecule has 3 heterocycles. The normalized spacial score (nSPS) is 11.0. The van der Waals surface area contributed by atoms with Crippen LogP contribution in [0.15, 0.2) is 65.8 Å². The topological polar surface area (TPSA) is 85.1 Å². The van der Waals surface area contributed by atoms with Crippen molar-refractivity contribution in [2.45, 2.75) is 31.2 Å². The quantitative estimate of drug-likeness (QED) is 0.430. The Bertz CT molecular complexity index is 1130. The number of hydrogen-bond acceptors (Lipinski definition) is 6. The lowest BCUT2D eigenvalue weighted by atomic mass is 10.1. The first-order chi connectivity index (χ1) is 14.7. The van der Waals surface area contributed by atoms with E-state index in [4.69, 9.17) is 0 Å². The van der Waals surface area contributed by atoms with Crippen LogP contribution in [0.5, 0.6) is 0 Å². The molecule has 0 fully saturated rings. The Hall–Kier alpha value is -3.26. The van der Waals surface area contributed by atoms with Gasteiger partial charge in [0.2, 0.25) is 11.7 Å². The molecule has 4 aromatic rings. The fraction of sp³-hybridized carbons (Fsp3) is 0.227. The van der Waals surface area contributed by atoms with Gasteiger partial charge in [-0.1, -0.05) is 43.3 Å². The predicted molar refractivity (Wildman–Crippen MR) is 118 cm³/mol. The molecule has 0 saturated heterocycles. The highest BCUT2D eigenvalue weighted by atomic mass is 32.2. The number of nitrogens with zero attached hydrogens (tertiary/aromatic N) is 5. The van der Waals surface area contributed by atoms with E-state index < -0.39 is 0 Å². The molecule has 1 N–H and O–H groups in total. The van der Waals surface area contributed by atoms with Gasteiger partial charge in [0.15, 0.2) is 5.65 Å². The summed E-state index contributed by atoms with van der Waals surface area (Å²) < 4.78 is 1.65. The summed E-state index contributed by atoms with van der Waals surface area (Å²) in [5.41, 5.74) is 3.42. The summed E-state index contributed by atoms with van der Waals surface area (Å²) in [7, 11) is 0. The zero-order valence-electron chi connectivity index (χ0n) is 16.7. The van der Waals surface area contributed by atoms with E-state index in [0.717, 1.165) is 12.1 Å². The van der Waals surface area contributed by atoms with Crippen LogP contribution in [0.1, 0.15) is 25.3 Å². The predicted octanol–water partition coefficient (Wildman–Crippen LogP) is 4.26. The average molecular weight is 419 g/mol. The minimum absolute atomic E-state index is 0.0723. The number of unbranched alkanes of at least 4 members (excludes halogenated alkanes) is 1. The number of nitrogens with one attached hydrogen (secondary N) is 1. The van der Waals surface area contributed by atoms with Crippen molar-refractivity contribution in [3.8, 4) is 11.5 Å². The number of aromatic nitrogens is 5. The summed E-state index contributed by atoms with van der Waals surface area (Å²) in [5, 5.41) is 16.5. The minimum atomic E-state index is -0.0723. The van der Waals surface area contributed by atoms with Crippen molar-refractivity contribution < 1.29 is 4.79 Å². The van der Waals surface area contributed by atoms with Crippen molar-refractivity contribution in [1.29, 1.82) is 0 Å². The lowest BCUT2D eigenvalue weighted by Crippen LogP contribution is -2.14. The highest BCUT2D eigenvalue weighted by molar-refractivity contribution is 7.99. The van der Waals surface area contributed by atoms with Crippen LogP contribution in [0.25, 0.3) is 17.2 Å². The molecule has 0 bridgehead atoms. The number of anilines is 1. The van der Waals surface area contributed by atoms with Crippen molar-refractivity contribution in [2.24, 2.45) is 0 Å². The van der Waals surface area contributed by atoms with Crippen molar-refractivity contribution in [2.75, 3.05) is 11.1 Å². The second kappa shape index (κ2) is 9.49. The molecule has 0 spiro atoms. The average Bonchev–Trinajstić information content (AvgIpc) is 3.21. The lowest BCUT2D eigenvalue weighted by Gasteiger charge is -2.07. The number of rotatable bonds is 8. The molecule has 8 heteroatoms. The first kappa shape index (κ1) is 20.0. The molecule has 152 valence electrons. The Kier molecular flexibility index (Phi) is 6.34. The number of amides is 1. The van der Waals surface area contributed by atoms with Gasteiger partial charge >= 0.3 is 0 Å². The van der Waals surface area contributed by atoms with E-state index in [1.165, 1.54) is 30.2 Å². The van der Waals surface area contributed by atoms with Gasteiger partial charge in [-0.3, -0.25) is 9.78 Å². The molecule has 30 heavy (non-hydrogen) atoms. The van der Waals surface area contributed by atoms with Crippen LogP contribution in [0.2, 0.25) is 0 Å². The second-order valence-electron chi connectivity index (χ2n) is 6.82. The van der Waals surface area contributed by atoms with Crippen molar-refractivity contribution >= 4 is 29.0 Å². The Morgan fingerprint density at radius 2 is 1.93 bits per heavy atom. The summed E-state index contributed by atoms with van der Waals surface area (Å²) in [6.07, 6.45) is 5.12. The summed E-state index contributed by atoms with van der Waals surface area (Å²) in [5.74, 6) is 0.759. The lowest BCUT2D eigenvalue weighted by molar-refractivity contribution is -0.113. The minimum Gasteiger partial charge on any atom is -0.325 e. The molecule has 0 aliphatic carbocycles. The molecule has 0 saturated carbocycles. The molecule has 0 unspecified atom stereocenters. The third-order valence-electron chi connectivity index (χ3n) is 4.54. The van der Waals surface area contributed by atoms with Gasteiger partial charge in [0.25, 0.3) is 0 Å². The van der Waals surface area contributed by atoms with Gasteiger partial charge in [-0.15, -0.1) is 10.2 Å². The van der Waals surface area contributed by atoms with E-state index >= 15 is 0 Å². The smallest absolute Gasteiger partial charge is 0.234 e. The number of aryl methyl sites for hydroxylation is 1. The van der Waals surface area contributed by atoms with Crippen LogP contribution >= 0.6 is 11.8 Å². The highest BCUT2D eigenvalue weighted by Crippen LogP contribution is 2.20. The number of benzene rings is 1. The molecule has 7 nitrogen and oxygen atoms in total. The van der Waals surface area contributed by atoms with Gasteiger partial charge in [0.1, 0.15) is 10.7 Å². The van der Waals surface area contributed by atoms with Gasteiger partial charge in [0, 0.05) is 11.9 Å². The number of pyridine rings is 1.